The van der Waals surface area contributed by atoms with Crippen LogP contribution in [0.5, 0.6) is 0 Å². The molecule has 0 unspecified atom stereocenters. The summed E-state index contributed by atoms with van der Waals surface area (Å²) in [6, 6.07) is -0.490. The highest BCUT2D eigenvalue weighted by molar-refractivity contribution is 5.82. The highest BCUT2D eigenvalue weighted by Gasteiger charge is 2.30. The van der Waals surface area contributed by atoms with E-state index in [1.165, 1.54) is 0 Å². The molecule has 0 saturated carbocycles. The van der Waals surface area contributed by atoms with Gasteiger partial charge in [0.05, 0.1) is 12.6 Å². The molecule has 2 N–H and O–H groups in total. The topological polar surface area (TPSA) is 46.3 Å². The first-order valence-corrected chi connectivity index (χ1v) is 4.82. The van der Waals surface area contributed by atoms with Crippen LogP contribution >= 0.6 is 0 Å². The van der Waals surface area contributed by atoms with Crippen molar-refractivity contribution in [3.05, 3.63) is 0 Å². The Hall–Kier alpha value is -1.01. The molecule has 0 spiro atoms. The van der Waals surface area contributed by atoms with E-state index in [1.807, 2.05) is 27.7 Å². The highest BCUT2D eigenvalue weighted by atomic mass is 16.2. The summed E-state index contributed by atoms with van der Waals surface area (Å²) in [4.78, 5) is 13.4. The van der Waals surface area contributed by atoms with Crippen molar-refractivity contribution in [2.45, 2.75) is 33.7 Å². The molecule has 0 aliphatic carbocycles. The van der Waals surface area contributed by atoms with Crippen LogP contribution in [0.2, 0.25) is 0 Å². The Bertz CT molecular complexity index is 235. The molecule has 0 heterocycles. The second kappa shape index (κ2) is 5.02. The lowest BCUT2D eigenvalue weighted by Crippen LogP contribution is -2.50. The van der Waals surface area contributed by atoms with Crippen molar-refractivity contribution in [2.24, 2.45) is 11.1 Å². The van der Waals surface area contributed by atoms with Crippen LogP contribution in [0.25, 0.3) is 0 Å². The van der Waals surface area contributed by atoms with Gasteiger partial charge in [0.2, 0.25) is 5.91 Å². The lowest BCUT2D eigenvalue weighted by Gasteiger charge is -2.30. The molecule has 80 valence electrons. The quantitative estimate of drug-likeness (QED) is 0.680. The van der Waals surface area contributed by atoms with Crippen molar-refractivity contribution in [3.8, 4) is 12.3 Å². The van der Waals surface area contributed by atoms with Crippen molar-refractivity contribution < 1.29 is 4.79 Å². The van der Waals surface area contributed by atoms with Gasteiger partial charge in [0.1, 0.15) is 0 Å². The molecule has 0 fully saturated rings. The average molecular weight is 196 g/mol. The minimum Gasteiger partial charge on any atom is -0.330 e. The molecule has 0 saturated heterocycles. The number of carbonyl (C=O) groups is 1. The van der Waals surface area contributed by atoms with Gasteiger partial charge in [0.25, 0.3) is 0 Å². The SMILES string of the molecule is C#CCN(CC)C(=O)[C@H](N)C(C)(C)C. The van der Waals surface area contributed by atoms with Crippen LogP contribution in [0.1, 0.15) is 27.7 Å². The number of amides is 1. The fraction of sp³-hybridized carbons (Fsp3) is 0.727. The zero-order valence-electron chi connectivity index (χ0n) is 9.50. The number of terminal acetylenes is 1. The van der Waals surface area contributed by atoms with E-state index in [9.17, 15) is 4.79 Å². The van der Waals surface area contributed by atoms with Gasteiger partial charge in [0.15, 0.2) is 0 Å². The Morgan fingerprint density at radius 1 is 1.57 bits per heavy atom. The van der Waals surface area contributed by atoms with E-state index in [0.29, 0.717) is 13.1 Å². The summed E-state index contributed by atoms with van der Waals surface area (Å²) in [5.74, 6) is 2.38. The standard InChI is InChI=1S/C11H20N2O/c1-6-8-13(7-2)10(14)9(12)11(3,4)5/h1,9H,7-8,12H2,2-5H3/t9-/m0/s1. The number of nitrogens with two attached hydrogens (primary N) is 1. The van der Waals surface area contributed by atoms with Crippen LogP contribution in [0.15, 0.2) is 0 Å². The molecule has 0 rings (SSSR count). The van der Waals surface area contributed by atoms with Gasteiger partial charge < -0.3 is 10.6 Å². The minimum absolute atomic E-state index is 0.0713. The number of nitrogens with zero attached hydrogens (tertiary/aromatic N) is 1. The predicted octanol–water partition coefficient (Wildman–Crippen LogP) is 0.841. The Balaban J connectivity index is 4.52. The Kier molecular flexibility index (Phi) is 4.65. The number of hydrogen-bond donors (Lipinski definition) is 1. The van der Waals surface area contributed by atoms with Crippen LogP contribution in [0.4, 0.5) is 0 Å². The van der Waals surface area contributed by atoms with E-state index >= 15 is 0 Å². The average Bonchev–Trinajstić information content (AvgIpc) is 2.10. The molecule has 1 atom stereocenters. The van der Waals surface area contributed by atoms with E-state index < -0.39 is 6.04 Å². The maximum Gasteiger partial charge on any atom is 0.240 e. The summed E-state index contributed by atoms with van der Waals surface area (Å²) >= 11 is 0. The number of carbonyl (C=O) groups excluding carboxylic acids is 1. The van der Waals surface area contributed by atoms with Gasteiger partial charge >= 0.3 is 0 Å². The normalized spacial score (nSPS) is 13.1. The summed E-state index contributed by atoms with van der Waals surface area (Å²) in [6.45, 7) is 8.66. The molecule has 0 aromatic rings. The molecule has 3 nitrogen and oxygen atoms in total. The van der Waals surface area contributed by atoms with Crippen LogP contribution in [-0.2, 0) is 4.79 Å². The summed E-state index contributed by atoms with van der Waals surface area (Å²) in [5, 5.41) is 0. The molecular formula is C11H20N2O. The highest BCUT2D eigenvalue weighted by Crippen LogP contribution is 2.18. The van der Waals surface area contributed by atoms with E-state index in [4.69, 9.17) is 12.2 Å². The molecule has 0 aliphatic rings. The Morgan fingerprint density at radius 2 is 2.07 bits per heavy atom. The van der Waals surface area contributed by atoms with E-state index in [0.717, 1.165) is 0 Å². The molecule has 14 heavy (non-hydrogen) atoms. The largest absolute Gasteiger partial charge is 0.330 e. The summed E-state index contributed by atoms with van der Waals surface area (Å²) in [6.07, 6.45) is 5.17. The maximum atomic E-state index is 11.8. The number of rotatable bonds is 3. The molecule has 0 aromatic heterocycles. The van der Waals surface area contributed by atoms with Gasteiger partial charge in [-0.25, -0.2) is 0 Å². The first kappa shape index (κ1) is 13.0. The molecule has 0 radical (unpaired) electrons. The van der Waals surface area contributed by atoms with Gasteiger partial charge in [-0.05, 0) is 12.3 Å². The zero-order valence-corrected chi connectivity index (χ0v) is 9.50. The maximum absolute atomic E-state index is 11.8. The van der Waals surface area contributed by atoms with Crippen LogP contribution in [0, 0.1) is 17.8 Å². The monoisotopic (exact) mass is 196 g/mol. The van der Waals surface area contributed by atoms with Crippen LogP contribution < -0.4 is 5.73 Å². The van der Waals surface area contributed by atoms with Gasteiger partial charge in [-0.15, -0.1) is 6.42 Å². The Labute approximate surface area is 86.6 Å². The van der Waals surface area contributed by atoms with Gasteiger partial charge in [0, 0.05) is 6.54 Å². The number of likely N-dealkylation sites (N-methyl/N-ethyl adjacent to an activating group) is 1. The number of hydrogen-bond acceptors (Lipinski definition) is 2. The van der Waals surface area contributed by atoms with Gasteiger partial charge in [-0.1, -0.05) is 26.7 Å². The van der Waals surface area contributed by atoms with Gasteiger partial charge in [-0.3, -0.25) is 4.79 Å². The van der Waals surface area contributed by atoms with Crippen molar-refractivity contribution in [1.29, 1.82) is 0 Å². The lowest BCUT2D eigenvalue weighted by atomic mass is 9.86. The fourth-order valence-corrected chi connectivity index (χ4v) is 1.02. The summed E-state index contributed by atoms with van der Waals surface area (Å²) < 4.78 is 0. The predicted molar refractivity (Wildman–Crippen MR) is 58.5 cm³/mol. The van der Waals surface area contributed by atoms with Crippen LogP contribution in [-0.4, -0.2) is 29.9 Å². The first-order valence-electron chi connectivity index (χ1n) is 4.82. The molecule has 3 heteroatoms. The third-order valence-electron chi connectivity index (χ3n) is 2.17. The molecule has 0 bridgehead atoms. The third kappa shape index (κ3) is 3.39. The van der Waals surface area contributed by atoms with Gasteiger partial charge in [-0.2, -0.15) is 0 Å². The van der Waals surface area contributed by atoms with E-state index in [2.05, 4.69) is 5.92 Å². The second-order valence-corrected chi connectivity index (χ2v) is 4.40. The van der Waals surface area contributed by atoms with E-state index in [-0.39, 0.29) is 11.3 Å². The summed E-state index contributed by atoms with van der Waals surface area (Å²) in [7, 11) is 0. The molecule has 1 amide bonds. The van der Waals surface area contributed by atoms with Crippen molar-refractivity contribution in [3.63, 3.8) is 0 Å². The smallest absolute Gasteiger partial charge is 0.240 e. The Morgan fingerprint density at radius 3 is 2.36 bits per heavy atom. The first-order chi connectivity index (χ1) is 6.34. The lowest BCUT2D eigenvalue weighted by molar-refractivity contribution is -0.134. The summed E-state index contributed by atoms with van der Waals surface area (Å²) in [5.41, 5.74) is 5.62. The molecular weight excluding hydrogens is 176 g/mol. The third-order valence-corrected chi connectivity index (χ3v) is 2.17. The van der Waals surface area contributed by atoms with Crippen molar-refractivity contribution >= 4 is 5.91 Å². The zero-order chi connectivity index (χ0) is 11.4. The molecule has 0 aromatic carbocycles. The van der Waals surface area contributed by atoms with Crippen molar-refractivity contribution in [2.75, 3.05) is 13.1 Å². The molecule has 0 aliphatic heterocycles. The van der Waals surface area contributed by atoms with Crippen molar-refractivity contribution in [1.82, 2.24) is 4.90 Å². The second-order valence-electron chi connectivity index (χ2n) is 4.40. The van der Waals surface area contributed by atoms with E-state index in [1.54, 1.807) is 4.90 Å². The minimum atomic E-state index is -0.490. The van der Waals surface area contributed by atoms with Crippen LogP contribution in [0.3, 0.4) is 0 Å². The fourth-order valence-electron chi connectivity index (χ4n) is 1.02.